The molecule has 0 bridgehead atoms. The van der Waals surface area contributed by atoms with Crippen LogP contribution in [0.15, 0.2) is 48.8 Å². The van der Waals surface area contributed by atoms with Crippen molar-refractivity contribution < 1.29 is 9.53 Å². The number of hydrogen-bond donors (Lipinski definition) is 1. The average Bonchev–Trinajstić information content (AvgIpc) is 2.74. The summed E-state index contributed by atoms with van der Waals surface area (Å²) in [6.45, 7) is 2.02. The molecule has 1 N–H and O–H groups in total. The number of anilines is 2. The molecule has 28 heavy (non-hydrogen) atoms. The van der Waals surface area contributed by atoms with Gasteiger partial charge in [-0.1, -0.05) is 18.2 Å². The Bertz CT molecular complexity index is 983. The first-order chi connectivity index (χ1) is 13.7. The summed E-state index contributed by atoms with van der Waals surface area (Å²) in [7, 11) is 1.61. The van der Waals surface area contributed by atoms with Crippen LogP contribution in [0.5, 0.6) is 5.75 Å². The molecule has 0 saturated carbocycles. The van der Waals surface area contributed by atoms with E-state index in [0.29, 0.717) is 0 Å². The number of benzene rings is 2. The highest BCUT2D eigenvalue weighted by Crippen LogP contribution is 2.28. The minimum absolute atomic E-state index is 0.0831. The van der Waals surface area contributed by atoms with Crippen LogP contribution in [0.1, 0.15) is 24.8 Å². The number of carbonyl (C=O) groups excluding carboxylic acids is 1. The van der Waals surface area contributed by atoms with E-state index in [0.717, 1.165) is 46.8 Å². The van der Waals surface area contributed by atoms with Crippen molar-refractivity contribution in [2.45, 2.75) is 25.7 Å². The molecule has 0 aliphatic carbocycles. The molecule has 1 fully saturated rings. The molecule has 1 saturated heterocycles. The zero-order valence-corrected chi connectivity index (χ0v) is 16.0. The Labute approximate surface area is 164 Å². The molecule has 2 aromatic carbocycles. The number of methoxy groups -OCH3 is 1. The van der Waals surface area contributed by atoms with E-state index >= 15 is 0 Å². The molecule has 2 heterocycles. The van der Waals surface area contributed by atoms with Gasteiger partial charge >= 0.3 is 0 Å². The number of para-hydroxylation sites is 1. The number of amides is 1. The van der Waals surface area contributed by atoms with Crippen molar-refractivity contribution in [1.82, 2.24) is 9.97 Å². The minimum atomic E-state index is -0.0831. The monoisotopic (exact) mass is 376 g/mol. The van der Waals surface area contributed by atoms with Gasteiger partial charge in [0.05, 0.1) is 19.0 Å². The van der Waals surface area contributed by atoms with Crippen LogP contribution in [0.25, 0.3) is 10.9 Å². The highest BCUT2D eigenvalue weighted by Gasteiger charge is 2.16. The third-order valence-electron chi connectivity index (χ3n) is 5.10. The lowest BCUT2D eigenvalue weighted by atomic mass is 10.1. The molecule has 0 unspecified atom stereocenters. The van der Waals surface area contributed by atoms with Gasteiger partial charge in [0.15, 0.2) is 0 Å². The number of nitrogens with one attached hydrogen (secondary N) is 1. The van der Waals surface area contributed by atoms with Crippen LogP contribution in [-0.4, -0.2) is 36.1 Å². The van der Waals surface area contributed by atoms with Gasteiger partial charge in [0.25, 0.3) is 0 Å². The number of piperidine rings is 1. The van der Waals surface area contributed by atoms with E-state index in [1.165, 1.54) is 19.3 Å². The molecule has 1 aliphatic rings. The summed E-state index contributed by atoms with van der Waals surface area (Å²) in [5, 5.41) is 3.97. The van der Waals surface area contributed by atoms with Gasteiger partial charge in [-0.3, -0.25) is 4.79 Å². The number of aromatic nitrogens is 2. The van der Waals surface area contributed by atoms with E-state index in [-0.39, 0.29) is 12.3 Å². The van der Waals surface area contributed by atoms with Crippen LogP contribution in [0, 0.1) is 0 Å². The lowest BCUT2D eigenvalue weighted by molar-refractivity contribution is -0.115. The van der Waals surface area contributed by atoms with Gasteiger partial charge in [-0.05, 0) is 43.5 Å². The molecular formula is C22H24N4O2. The van der Waals surface area contributed by atoms with E-state index in [4.69, 9.17) is 4.74 Å². The van der Waals surface area contributed by atoms with E-state index < -0.39 is 0 Å². The Balaban J connectivity index is 1.56. The largest absolute Gasteiger partial charge is 0.496 e. The van der Waals surface area contributed by atoms with Crippen molar-refractivity contribution in [2.24, 2.45) is 0 Å². The molecule has 6 nitrogen and oxygen atoms in total. The zero-order valence-electron chi connectivity index (χ0n) is 16.0. The van der Waals surface area contributed by atoms with Gasteiger partial charge in [0.2, 0.25) is 5.91 Å². The van der Waals surface area contributed by atoms with Crippen LogP contribution in [0.3, 0.4) is 0 Å². The summed E-state index contributed by atoms with van der Waals surface area (Å²) < 4.78 is 5.33. The van der Waals surface area contributed by atoms with Crippen LogP contribution < -0.4 is 15.0 Å². The fourth-order valence-corrected chi connectivity index (χ4v) is 3.71. The number of rotatable bonds is 5. The Kier molecular flexibility index (Phi) is 5.37. The third kappa shape index (κ3) is 3.91. The lowest BCUT2D eigenvalue weighted by Gasteiger charge is -2.28. The van der Waals surface area contributed by atoms with Crippen molar-refractivity contribution in [3.63, 3.8) is 0 Å². The lowest BCUT2D eigenvalue weighted by Crippen LogP contribution is -2.30. The third-order valence-corrected chi connectivity index (χ3v) is 5.10. The smallest absolute Gasteiger partial charge is 0.228 e. The Morgan fingerprint density at radius 2 is 1.93 bits per heavy atom. The summed E-state index contributed by atoms with van der Waals surface area (Å²) in [4.78, 5) is 23.8. The zero-order chi connectivity index (χ0) is 19.3. The van der Waals surface area contributed by atoms with Crippen molar-refractivity contribution in [3.8, 4) is 5.75 Å². The normalized spacial score (nSPS) is 14.1. The molecule has 0 atom stereocenters. The predicted molar refractivity (Wildman–Crippen MR) is 111 cm³/mol. The molecule has 1 amide bonds. The van der Waals surface area contributed by atoms with Crippen LogP contribution >= 0.6 is 0 Å². The molecular weight excluding hydrogens is 352 g/mol. The maximum atomic E-state index is 12.6. The fourth-order valence-electron chi connectivity index (χ4n) is 3.71. The standard InChI is InChI=1S/C22H24N4O2/c1-28-20-8-4-3-7-16(20)13-21(27)25-17-9-10-19-18(14-17)22(24-15-23-19)26-11-5-2-6-12-26/h3-4,7-10,14-15H,2,5-6,11-13H2,1H3,(H,25,27). The van der Waals surface area contributed by atoms with Crippen molar-refractivity contribution in [2.75, 3.05) is 30.4 Å². The van der Waals surface area contributed by atoms with Gasteiger partial charge in [-0.2, -0.15) is 0 Å². The summed E-state index contributed by atoms with van der Waals surface area (Å²) in [5.74, 6) is 1.59. The topological polar surface area (TPSA) is 67.3 Å². The average molecular weight is 376 g/mol. The first-order valence-electron chi connectivity index (χ1n) is 9.66. The highest BCUT2D eigenvalue weighted by molar-refractivity contribution is 5.97. The summed E-state index contributed by atoms with van der Waals surface area (Å²) in [6.07, 6.45) is 5.50. The van der Waals surface area contributed by atoms with E-state index in [2.05, 4.69) is 20.2 Å². The fraction of sp³-hybridized carbons (Fsp3) is 0.318. The maximum Gasteiger partial charge on any atom is 0.228 e. The number of fused-ring (bicyclic) bond motifs is 1. The second kappa shape index (κ2) is 8.25. The number of ether oxygens (including phenoxy) is 1. The quantitative estimate of drug-likeness (QED) is 0.733. The predicted octanol–water partition coefficient (Wildman–Crippen LogP) is 3.81. The van der Waals surface area contributed by atoms with Crippen LogP contribution in [-0.2, 0) is 11.2 Å². The van der Waals surface area contributed by atoms with Gasteiger partial charge in [0, 0.05) is 29.7 Å². The van der Waals surface area contributed by atoms with Crippen molar-refractivity contribution in [3.05, 3.63) is 54.4 Å². The molecule has 144 valence electrons. The van der Waals surface area contributed by atoms with Crippen molar-refractivity contribution in [1.29, 1.82) is 0 Å². The number of carbonyl (C=O) groups is 1. The number of hydrogen-bond acceptors (Lipinski definition) is 5. The summed E-state index contributed by atoms with van der Waals surface area (Å²) in [6, 6.07) is 13.4. The van der Waals surface area contributed by atoms with Crippen molar-refractivity contribution >= 4 is 28.3 Å². The minimum Gasteiger partial charge on any atom is -0.496 e. The highest BCUT2D eigenvalue weighted by atomic mass is 16.5. The molecule has 4 rings (SSSR count). The Morgan fingerprint density at radius 1 is 1.11 bits per heavy atom. The second-order valence-electron chi connectivity index (χ2n) is 7.01. The van der Waals surface area contributed by atoms with E-state index in [9.17, 15) is 4.79 Å². The van der Waals surface area contributed by atoms with Gasteiger partial charge in [-0.25, -0.2) is 9.97 Å². The summed E-state index contributed by atoms with van der Waals surface area (Å²) in [5.41, 5.74) is 2.50. The first kappa shape index (κ1) is 18.2. The van der Waals surface area contributed by atoms with Gasteiger partial charge in [-0.15, -0.1) is 0 Å². The summed E-state index contributed by atoms with van der Waals surface area (Å²) >= 11 is 0. The molecule has 6 heteroatoms. The molecule has 1 aliphatic heterocycles. The first-order valence-corrected chi connectivity index (χ1v) is 9.66. The Morgan fingerprint density at radius 3 is 2.75 bits per heavy atom. The number of nitrogens with zero attached hydrogens (tertiary/aromatic N) is 3. The maximum absolute atomic E-state index is 12.6. The molecule has 0 radical (unpaired) electrons. The molecule has 1 aromatic heterocycles. The molecule has 3 aromatic rings. The SMILES string of the molecule is COc1ccccc1CC(=O)Nc1ccc2ncnc(N3CCCCC3)c2c1. The van der Waals surface area contributed by atoms with Crippen LogP contribution in [0.4, 0.5) is 11.5 Å². The Hall–Kier alpha value is -3.15. The van der Waals surface area contributed by atoms with E-state index in [1.54, 1.807) is 13.4 Å². The van der Waals surface area contributed by atoms with Gasteiger partial charge in [0.1, 0.15) is 17.9 Å². The second-order valence-corrected chi connectivity index (χ2v) is 7.01. The molecule has 0 spiro atoms. The van der Waals surface area contributed by atoms with E-state index in [1.807, 2.05) is 42.5 Å². The van der Waals surface area contributed by atoms with Gasteiger partial charge < -0.3 is 15.0 Å². The van der Waals surface area contributed by atoms with Crippen LogP contribution in [0.2, 0.25) is 0 Å².